The Hall–Kier alpha value is -3.35. The van der Waals surface area contributed by atoms with Gasteiger partial charge in [0.05, 0.1) is 19.0 Å². The molecule has 0 aliphatic heterocycles. The molecule has 5 nitrogen and oxygen atoms in total. The van der Waals surface area contributed by atoms with Crippen LogP contribution in [0.4, 0.5) is 8.78 Å². The Morgan fingerprint density at radius 2 is 1.89 bits per heavy atom. The first-order chi connectivity index (χ1) is 13.5. The van der Waals surface area contributed by atoms with Gasteiger partial charge in [-0.15, -0.1) is 0 Å². The molecule has 1 amide bonds. The van der Waals surface area contributed by atoms with E-state index < -0.39 is 29.6 Å². The molecule has 0 saturated heterocycles. The number of halogens is 2. The molecule has 0 saturated carbocycles. The van der Waals surface area contributed by atoms with Crippen LogP contribution in [0.5, 0.6) is 0 Å². The normalized spacial score (nSPS) is 11.8. The summed E-state index contributed by atoms with van der Waals surface area (Å²) in [6.07, 6.45) is -0.208. The van der Waals surface area contributed by atoms with E-state index in [1.807, 2.05) is 30.3 Å². The fourth-order valence-electron chi connectivity index (χ4n) is 2.85. The highest BCUT2D eigenvalue weighted by Gasteiger charge is 2.23. The summed E-state index contributed by atoms with van der Waals surface area (Å²) in [5.74, 6) is -2.76. The van der Waals surface area contributed by atoms with E-state index in [0.717, 1.165) is 17.0 Å². The molecule has 0 fully saturated rings. The first-order valence-corrected chi connectivity index (χ1v) is 8.62. The van der Waals surface area contributed by atoms with E-state index >= 15 is 0 Å². The summed E-state index contributed by atoms with van der Waals surface area (Å²) in [6.45, 7) is 0. The van der Waals surface area contributed by atoms with Crippen molar-refractivity contribution in [1.29, 1.82) is 0 Å². The van der Waals surface area contributed by atoms with Gasteiger partial charge in [-0.3, -0.25) is 9.78 Å². The molecule has 0 radical (unpaired) electrons. The molecule has 0 bridgehead atoms. The van der Waals surface area contributed by atoms with Crippen LogP contribution in [0.1, 0.15) is 11.3 Å². The molecule has 2 aromatic carbocycles. The van der Waals surface area contributed by atoms with Crippen molar-refractivity contribution in [1.82, 2.24) is 10.3 Å². The Morgan fingerprint density at radius 1 is 1.11 bits per heavy atom. The van der Waals surface area contributed by atoms with Gasteiger partial charge >= 0.3 is 5.97 Å². The number of pyridine rings is 1. The number of esters is 1. The number of nitrogens with one attached hydrogen (secondary N) is 1. The number of aromatic nitrogens is 1. The maximum Gasteiger partial charge on any atom is 0.328 e. The Morgan fingerprint density at radius 3 is 2.64 bits per heavy atom. The van der Waals surface area contributed by atoms with E-state index in [1.54, 1.807) is 6.07 Å². The highest BCUT2D eigenvalue weighted by atomic mass is 19.1. The summed E-state index contributed by atoms with van der Waals surface area (Å²) in [5.41, 5.74) is 1.40. The van der Waals surface area contributed by atoms with Gasteiger partial charge in [-0.05, 0) is 23.8 Å². The fraction of sp³-hybridized carbons (Fsp3) is 0.190. The Kier molecular flexibility index (Phi) is 5.93. The third-order valence-electron chi connectivity index (χ3n) is 4.26. The van der Waals surface area contributed by atoms with Crippen molar-refractivity contribution >= 4 is 22.8 Å². The molecule has 1 heterocycles. The summed E-state index contributed by atoms with van der Waals surface area (Å²) in [7, 11) is 1.22. The number of hydrogen-bond acceptors (Lipinski definition) is 4. The lowest BCUT2D eigenvalue weighted by molar-refractivity contribution is -0.145. The second-order valence-electron chi connectivity index (χ2n) is 6.26. The minimum atomic E-state index is -0.977. The number of fused-ring (bicyclic) bond motifs is 1. The molecule has 3 rings (SSSR count). The third kappa shape index (κ3) is 4.68. The summed E-state index contributed by atoms with van der Waals surface area (Å²) in [5, 5.41) is 3.50. The van der Waals surface area contributed by atoms with Crippen LogP contribution in [0.2, 0.25) is 0 Å². The number of amides is 1. The molecule has 28 heavy (non-hydrogen) atoms. The van der Waals surface area contributed by atoms with Crippen molar-refractivity contribution in [2.45, 2.75) is 18.9 Å². The number of carbonyl (C=O) groups is 2. The molecule has 0 aliphatic rings. The first-order valence-electron chi connectivity index (χ1n) is 8.62. The number of benzene rings is 2. The molecular formula is C21H18F2N2O3. The van der Waals surface area contributed by atoms with E-state index in [-0.39, 0.29) is 18.4 Å². The molecular weight excluding hydrogens is 366 g/mol. The SMILES string of the molecule is COC(=O)[C@@H](Cc1ccc2ccccc2n1)NC(=O)Cc1ccc(F)cc1F. The summed E-state index contributed by atoms with van der Waals surface area (Å²) >= 11 is 0. The molecule has 0 aliphatic carbocycles. The van der Waals surface area contributed by atoms with Crippen molar-refractivity contribution in [2.24, 2.45) is 0 Å². The maximum absolute atomic E-state index is 13.7. The lowest BCUT2D eigenvalue weighted by Gasteiger charge is -2.16. The first kappa shape index (κ1) is 19.4. The summed E-state index contributed by atoms with van der Waals surface area (Å²) in [6, 6.07) is 13.2. The van der Waals surface area contributed by atoms with Crippen LogP contribution in [0.3, 0.4) is 0 Å². The fourth-order valence-corrected chi connectivity index (χ4v) is 2.85. The molecule has 3 aromatic rings. The lowest BCUT2D eigenvalue weighted by Crippen LogP contribution is -2.43. The van der Waals surface area contributed by atoms with Crippen molar-refractivity contribution in [2.75, 3.05) is 7.11 Å². The molecule has 0 spiro atoms. The second kappa shape index (κ2) is 8.56. The van der Waals surface area contributed by atoms with Gasteiger partial charge in [-0.2, -0.15) is 0 Å². The molecule has 0 unspecified atom stereocenters. The smallest absolute Gasteiger partial charge is 0.328 e. The molecule has 144 valence electrons. The number of carbonyl (C=O) groups excluding carboxylic acids is 2. The van der Waals surface area contributed by atoms with Gasteiger partial charge < -0.3 is 10.1 Å². The number of methoxy groups -OCH3 is 1. The van der Waals surface area contributed by atoms with Crippen LogP contribution in [-0.2, 0) is 27.2 Å². The number of ether oxygens (including phenoxy) is 1. The largest absolute Gasteiger partial charge is 0.467 e. The van der Waals surface area contributed by atoms with Gasteiger partial charge in [0.15, 0.2) is 0 Å². The van der Waals surface area contributed by atoms with E-state index in [0.29, 0.717) is 11.8 Å². The van der Waals surface area contributed by atoms with E-state index in [9.17, 15) is 18.4 Å². The Bertz CT molecular complexity index is 1020. The average molecular weight is 384 g/mol. The predicted octanol–water partition coefficient (Wildman–Crippen LogP) is 2.96. The lowest BCUT2D eigenvalue weighted by atomic mass is 10.1. The van der Waals surface area contributed by atoms with Crippen LogP contribution in [0, 0.1) is 11.6 Å². The van der Waals surface area contributed by atoms with Crippen LogP contribution < -0.4 is 5.32 Å². The van der Waals surface area contributed by atoms with E-state index in [2.05, 4.69) is 10.3 Å². The van der Waals surface area contributed by atoms with Crippen molar-refractivity contribution in [3.05, 3.63) is 77.5 Å². The van der Waals surface area contributed by atoms with Gasteiger partial charge in [0.2, 0.25) is 5.91 Å². The van der Waals surface area contributed by atoms with E-state index in [4.69, 9.17) is 4.74 Å². The van der Waals surface area contributed by atoms with Gasteiger partial charge in [-0.25, -0.2) is 13.6 Å². The number of rotatable bonds is 6. The minimum Gasteiger partial charge on any atom is -0.467 e. The van der Waals surface area contributed by atoms with Gasteiger partial charge in [0, 0.05) is 23.6 Å². The minimum absolute atomic E-state index is 0.0337. The highest BCUT2D eigenvalue weighted by Crippen LogP contribution is 2.14. The number of nitrogens with zero attached hydrogens (tertiary/aromatic N) is 1. The predicted molar refractivity (Wildman–Crippen MR) is 99.5 cm³/mol. The zero-order valence-corrected chi connectivity index (χ0v) is 15.1. The van der Waals surface area contributed by atoms with Crippen LogP contribution in [0.15, 0.2) is 54.6 Å². The average Bonchev–Trinajstić information content (AvgIpc) is 2.69. The van der Waals surface area contributed by atoms with Gasteiger partial charge in [0.25, 0.3) is 0 Å². The summed E-state index contributed by atoms with van der Waals surface area (Å²) < 4.78 is 31.5. The van der Waals surface area contributed by atoms with Crippen molar-refractivity contribution < 1.29 is 23.1 Å². The van der Waals surface area contributed by atoms with Crippen LogP contribution in [0.25, 0.3) is 10.9 Å². The van der Waals surface area contributed by atoms with Crippen molar-refractivity contribution in [3.63, 3.8) is 0 Å². The summed E-state index contributed by atoms with van der Waals surface area (Å²) in [4.78, 5) is 28.9. The zero-order valence-electron chi connectivity index (χ0n) is 15.1. The third-order valence-corrected chi connectivity index (χ3v) is 4.26. The second-order valence-corrected chi connectivity index (χ2v) is 6.26. The topological polar surface area (TPSA) is 68.3 Å². The van der Waals surface area contributed by atoms with Crippen LogP contribution >= 0.6 is 0 Å². The molecule has 1 aromatic heterocycles. The van der Waals surface area contributed by atoms with Crippen molar-refractivity contribution in [3.8, 4) is 0 Å². The molecule has 1 atom stereocenters. The molecule has 1 N–H and O–H groups in total. The monoisotopic (exact) mass is 384 g/mol. The quantitative estimate of drug-likeness (QED) is 0.664. The van der Waals surface area contributed by atoms with E-state index in [1.165, 1.54) is 13.2 Å². The van der Waals surface area contributed by atoms with Gasteiger partial charge in [-0.1, -0.05) is 30.3 Å². The molecule has 7 heteroatoms. The Balaban J connectivity index is 1.73. The zero-order chi connectivity index (χ0) is 20.1. The standard InChI is InChI=1S/C21H18F2N2O3/c1-28-21(27)19(12-16-9-7-13-4-2-3-5-18(13)24-16)25-20(26)10-14-6-8-15(22)11-17(14)23/h2-9,11,19H,10,12H2,1H3,(H,25,26)/t19-/m1/s1. The number of para-hydroxylation sites is 1. The van der Waals surface area contributed by atoms with Crippen LogP contribution in [-0.4, -0.2) is 30.0 Å². The van der Waals surface area contributed by atoms with Gasteiger partial charge in [0.1, 0.15) is 17.7 Å². The maximum atomic E-state index is 13.7. The number of hydrogen-bond donors (Lipinski definition) is 1. The highest BCUT2D eigenvalue weighted by molar-refractivity contribution is 5.86. The Labute approximate surface area is 160 Å².